The van der Waals surface area contributed by atoms with Gasteiger partial charge in [-0.15, -0.1) is 11.3 Å². The normalized spacial score (nSPS) is 10.5. The number of hydrogen-bond acceptors (Lipinski definition) is 2. The van der Waals surface area contributed by atoms with Gasteiger partial charge in [-0.3, -0.25) is 0 Å². The van der Waals surface area contributed by atoms with Crippen molar-refractivity contribution in [1.82, 2.24) is 4.98 Å². The van der Waals surface area contributed by atoms with Gasteiger partial charge in [-0.25, -0.2) is 4.98 Å². The standard InChI is InChI=1S/C12H12NS/c1-8-6-10(3)11(7-9(8)2)12-13-4-5-14-12/h4-7H,2H2,1,3H3. The molecule has 1 radical (unpaired) electrons. The number of aryl methyl sites for hydroxylation is 2. The molecule has 0 fully saturated rings. The summed E-state index contributed by atoms with van der Waals surface area (Å²) in [6.07, 6.45) is 1.84. The highest BCUT2D eigenvalue weighted by molar-refractivity contribution is 7.13. The third-order valence-corrected chi connectivity index (χ3v) is 3.15. The van der Waals surface area contributed by atoms with Gasteiger partial charge in [0.2, 0.25) is 0 Å². The fourth-order valence-electron chi connectivity index (χ4n) is 1.48. The van der Waals surface area contributed by atoms with Crippen LogP contribution in [0.3, 0.4) is 0 Å². The Morgan fingerprint density at radius 1 is 1.21 bits per heavy atom. The Kier molecular flexibility index (Phi) is 2.38. The first-order valence-electron chi connectivity index (χ1n) is 4.51. The minimum atomic E-state index is 1.08. The van der Waals surface area contributed by atoms with Crippen LogP contribution in [0.4, 0.5) is 0 Å². The van der Waals surface area contributed by atoms with Gasteiger partial charge in [0.1, 0.15) is 5.01 Å². The lowest BCUT2D eigenvalue weighted by atomic mass is 10.0. The molecule has 0 saturated heterocycles. The van der Waals surface area contributed by atoms with Crippen molar-refractivity contribution >= 4 is 11.3 Å². The smallest absolute Gasteiger partial charge is 0.123 e. The van der Waals surface area contributed by atoms with Crippen molar-refractivity contribution in [3.05, 3.63) is 47.3 Å². The van der Waals surface area contributed by atoms with Crippen molar-refractivity contribution in [3.63, 3.8) is 0 Å². The highest BCUT2D eigenvalue weighted by Crippen LogP contribution is 2.27. The van der Waals surface area contributed by atoms with E-state index in [1.165, 1.54) is 16.7 Å². The molecule has 0 bridgehead atoms. The molecule has 0 aliphatic carbocycles. The summed E-state index contributed by atoms with van der Waals surface area (Å²) in [6.45, 7) is 8.21. The first kappa shape index (κ1) is 9.41. The summed E-state index contributed by atoms with van der Waals surface area (Å²) in [4.78, 5) is 4.31. The highest BCUT2D eigenvalue weighted by atomic mass is 32.1. The van der Waals surface area contributed by atoms with E-state index in [-0.39, 0.29) is 0 Å². The minimum Gasteiger partial charge on any atom is -0.245 e. The van der Waals surface area contributed by atoms with Crippen LogP contribution in [-0.2, 0) is 0 Å². The Balaban J connectivity index is 2.60. The van der Waals surface area contributed by atoms with E-state index < -0.39 is 0 Å². The third-order valence-electron chi connectivity index (χ3n) is 2.35. The molecule has 2 heteroatoms. The molecule has 0 amide bonds. The second kappa shape index (κ2) is 3.54. The van der Waals surface area contributed by atoms with Gasteiger partial charge in [0.25, 0.3) is 0 Å². The van der Waals surface area contributed by atoms with Gasteiger partial charge in [-0.2, -0.15) is 0 Å². The number of rotatable bonds is 1. The Morgan fingerprint density at radius 2 is 2.00 bits per heavy atom. The molecule has 0 spiro atoms. The average Bonchev–Trinajstić information content (AvgIpc) is 2.64. The molecule has 1 aromatic heterocycles. The molecule has 0 unspecified atom stereocenters. The fourth-order valence-corrected chi connectivity index (χ4v) is 2.20. The van der Waals surface area contributed by atoms with E-state index in [0.29, 0.717) is 0 Å². The second-order valence-corrected chi connectivity index (χ2v) is 4.33. The van der Waals surface area contributed by atoms with Crippen LogP contribution < -0.4 is 0 Å². The fraction of sp³-hybridized carbons (Fsp3) is 0.167. The lowest BCUT2D eigenvalue weighted by molar-refractivity contribution is 1.33. The summed E-state index contributed by atoms with van der Waals surface area (Å²) in [5.41, 5.74) is 4.80. The maximum Gasteiger partial charge on any atom is 0.123 e. The van der Waals surface area contributed by atoms with Gasteiger partial charge in [0, 0.05) is 17.1 Å². The molecular formula is C12H12NS. The molecule has 1 heterocycles. The van der Waals surface area contributed by atoms with Gasteiger partial charge in [-0.05, 0) is 43.5 Å². The van der Waals surface area contributed by atoms with Crippen LogP contribution in [0.15, 0.2) is 23.7 Å². The first-order valence-corrected chi connectivity index (χ1v) is 5.39. The zero-order valence-electron chi connectivity index (χ0n) is 8.37. The monoisotopic (exact) mass is 202 g/mol. The number of hydrogen-bond donors (Lipinski definition) is 0. The molecular weight excluding hydrogens is 190 g/mol. The third kappa shape index (κ3) is 1.58. The first-order chi connectivity index (χ1) is 6.68. The molecule has 1 nitrogen and oxygen atoms in total. The molecule has 2 aromatic rings. The maximum absolute atomic E-state index is 4.31. The SMILES string of the molecule is [CH2]c1cc(-c2nccs2)c(C)cc1C. The number of thiazole rings is 1. The Labute approximate surface area is 88.4 Å². The van der Waals surface area contributed by atoms with Crippen molar-refractivity contribution in [2.45, 2.75) is 13.8 Å². The van der Waals surface area contributed by atoms with Crippen molar-refractivity contribution in [1.29, 1.82) is 0 Å². The number of aromatic nitrogens is 1. The van der Waals surface area contributed by atoms with Crippen molar-refractivity contribution in [2.24, 2.45) is 0 Å². The highest BCUT2D eigenvalue weighted by Gasteiger charge is 2.05. The van der Waals surface area contributed by atoms with E-state index in [2.05, 4.69) is 37.9 Å². The number of benzene rings is 1. The van der Waals surface area contributed by atoms with Crippen LogP contribution in [0.5, 0.6) is 0 Å². The summed E-state index contributed by atoms with van der Waals surface area (Å²) >= 11 is 1.67. The van der Waals surface area contributed by atoms with Gasteiger partial charge in [0.15, 0.2) is 0 Å². The minimum absolute atomic E-state index is 1.08. The van der Waals surface area contributed by atoms with E-state index >= 15 is 0 Å². The molecule has 0 aliphatic heterocycles. The molecule has 71 valence electrons. The molecule has 0 atom stereocenters. The van der Waals surface area contributed by atoms with Crippen molar-refractivity contribution in [2.75, 3.05) is 0 Å². The predicted molar refractivity (Wildman–Crippen MR) is 61.5 cm³/mol. The van der Waals surface area contributed by atoms with E-state index in [0.717, 1.165) is 10.6 Å². The predicted octanol–water partition coefficient (Wildman–Crippen LogP) is 3.61. The maximum atomic E-state index is 4.31. The summed E-state index contributed by atoms with van der Waals surface area (Å²) in [6, 6.07) is 4.28. The Hall–Kier alpha value is -1.15. The topological polar surface area (TPSA) is 12.9 Å². The lowest BCUT2D eigenvalue weighted by Crippen LogP contribution is -1.87. The molecule has 0 saturated carbocycles. The van der Waals surface area contributed by atoms with E-state index in [1.807, 2.05) is 11.6 Å². The molecule has 1 aromatic carbocycles. The van der Waals surface area contributed by atoms with Crippen molar-refractivity contribution < 1.29 is 0 Å². The summed E-state index contributed by atoms with van der Waals surface area (Å²) in [7, 11) is 0. The lowest BCUT2D eigenvalue weighted by Gasteiger charge is -2.06. The number of nitrogens with zero attached hydrogens (tertiary/aromatic N) is 1. The van der Waals surface area contributed by atoms with Crippen molar-refractivity contribution in [3.8, 4) is 10.6 Å². The van der Waals surface area contributed by atoms with Crippen LogP contribution in [0.1, 0.15) is 16.7 Å². The zero-order chi connectivity index (χ0) is 10.1. The summed E-state index contributed by atoms with van der Waals surface area (Å²) in [5.74, 6) is 0. The van der Waals surface area contributed by atoms with E-state index in [1.54, 1.807) is 11.3 Å². The zero-order valence-corrected chi connectivity index (χ0v) is 9.19. The quantitative estimate of drug-likeness (QED) is 0.688. The van der Waals surface area contributed by atoms with Gasteiger partial charge in [-0.1, -0.05) is 6.07 Å². The Bertz CT molecular complexity index is 444. The molecule has 2 rings (SSSR count). The van der Waals surface area contributed by atoms with Crippen LogP contribution in [-0.4, -0.2) is 4.98 Å². The van der Waals surface area contributed by atoms with Crippen LogP contribution >= 0.6 is 11.3 Å². The van der Waals surface area contributed by atoms with Gasteiger partial charge < -0.3 is 0 Å². The molecule has 0 aliphatic rings. The van der Waals surface area contributed by atoms with Crippen LogP contribution in [0.25, 0.3) is 10.6 Å². The van der Waals surface area contributed by atoms with Crippen LogP contribution in [0.2, 0.25) is 0 Å². The Morgan fingerprint density at radius 3 is 2.64 bits per heavy atom. The average molecular weight is 202 g/mol. The van der Waals surface area contributed by atoms with E-state index in [9.17, 15) is 0 Å². The molecule has 14 heavy (non-hydrogen) atoms. The molecule has 0 N–H and O–H groups in total. The van der Waals surface area contributed by atoms with Crippen LogP contribution in [0, 0.1) is 20.8 Å². The van der Waals surface area contributed by atoms with E-state index in [4.69, 9.17) is 0 Å². The van der Waals surface area contributed by atoms with Gasteiger partial charge >= 0.3 is 0 Å². The van der Waals surface area contributed by atoms with Gasteiger partial charge in [0.05, 0.1) is 0 Å². The second-order valence-electron chi connectivity index (χ2n) is 3.43. The summed E-state index contributed by atoms with van der Waals surface area (Å²) in [5, 5.41) is 3.07. The summed E-state index contributed by atoms with van der Waals surface area (Å²) < 4.78 is 0. The largest absolute Gasteiger partial charge is 0.245 e.